The predicted molar refractivity (Wildman–Crippen MR) is 70.7 cm³/mol. The molecule has 0 spiro atoms. The second-order valence-electron chi connectivity index (χ2n) is 3.73. The van der Waals surface area contributed by atoms with Crippen LogP contribution in [-0.2, 0) is 6.61 Å². The highest BCUT2D eigenvalue weighted by atomic mass is 16.5. The van der Waals surface area contributed by atoms with Crippen molar-refractivity contribution < 1.29 is 9.47 Å². The van der Waals surface area contributed by atoms with Crippen molar-refractivity contribution in [1.82, 2.24) is 15.0 Å². The highest BCUT2D eigenvalue weighted by Crippen LogP contribution is 2.28. The lowest BCUT2D eigenvalue weighted by Crippen LogP contribution is -2.09. The molecule has 0 radical (unpaired) electrons. The Kier molecular flexibility index (Phi) is 3.81. The van der Waals surface area contributed by atoms with E-state index < -0.39 is 0 Å². The SMILES string of the molecule is COc1cc(C#N)ccc1OCc1nc(N)nc(N)n1. The number of rotatable bonds is 4. The Hall–Kier alpha value is -3.08. The Balaban J connectivity index is 2.16. The Bertz CT molecular complexity index is 647. The lowest BCUT2D eigenvalue weighted by Gasteiger charge is -2.10. The number of methoxy groups -OCH3 is 1. The Morgan fingerprint density at radius 2 is 1.85 bits per heavy atom. The van der Waals surface area contributed by atoms with Crippen LogP contribution in [0.4, 0.5) is 11.9 Å². The molecule has 4 N–H and O–H groups in total. The lowest BCUT2D eigenvalue weighted by atomic mass is 10.2. The van der Waals surface area contributed by atoms with E-state index in [2.05, 4.69) is 15.0 Å². The molecule has 0 fully saturated rings. The van der Waals surface area contributed by atoms with E-state index in [0.29, 0.717) is 22.9 Å². The van der Waals surface area contributed by atoms with Gasteiger partial charge in [0.2, 0.25) is 11.9 Å². The second-order valence-corrected chi connectivity index (χ2v) is 3.73. The monoisotopic (exact) mass is 272 g/mol. The molecule has 0 aliphatic heterocycles. The molecule has 0 aliphatic carbocycles. The summed E-state index contributed by atoms with van der Waals surface area (Å²) in [6.07, 6.45) is 0. The molecule has 0 saturated heterocycles. The van der Waals surface area contributed by atoms with Gasteiger partial charge in [-0.2, -0.15) is 20.2 Å². The van der Waals surface area contributed by atoms with Crippen LogP contribution in [0.1, 0.15) is 11.4 Å². The molecule has 1 aromatic heterocycles. The summed E-state index contributed by atoms with van der Waals surface area (Å²) < 4.78 is 10.7. The number of nitrogens with two attached hydrogens (primary N) is 2. The first-order valence-corrected chi connectivity index (χ1v) is 5.59. The van der Waals surface area contributed by atoms with Gasteiger partial charge in [0.05, 0.1) is 18.7 Å². The standard InChI is InChI=1S/C12H12N6O2/c1-19-9-4-7(5-13)2-3-8(9)20-6-10-16-11(14)18-12(15)17-10/h2-4H,6H2,1H3,(H4,14,15,16,17,18). The van der Waals surface area contributed by atoms with Crippen LogP contribution in [-0.4, -0.2) is 22.1 Å². The average Bonchev–Trinajstić information content (AvgIpc) is 2.44. The van der Waals surface area contributed by atoms with Crippen molar-refractivity contribution in [3.63, 3.8) is 0 Å². The smallest absolute Gasteiger partial charge is 0.225 e. The summed E-state index contributed by atoms with van der Waals surface area (Å²) in [5, 5.41) is 8.82. The maximum atomic E-state index is 8.82. The zero-order valence-corrected chi connectivity index (χ0v) is 10.7. The molecule has 2 aromatic rings. The molecule has 0 amide bonds. The van der Waals surface area contributed by atoms with Gasteiger partial charge in [-0.05, 0) is 12.1 Å². The Labute approximate surface area is 115 Å². The van der Waals surface area contributed by atoms with E-state index in [-0.39, 0.29) is 18.5 Å². The van der Waals surface area contributed by atoms with Crippen molar-refractivity contribution in [1.29, 1.82) is 5.26 Å². The number of nitrogen functional groups attached to an aromatic ring is 2. The molecule has 8 nitrogen and oxygen atoms in total. The summed E-state index contributed by atoms with van der Waals surface area (Å²) in [4.78, 5) is 11.5. The van der Waals surface area contributed by atoms with Gasteiger partial charge in [-0.1, -0.05) is 0 Å². The van der Waals surface area contributed by atoms with Crippen LogP contribution in [0, 0.1) is 11.3 Å². The van der Waals surface area contributed by atoms with Crippen molar-refractivity contribution in [2.75, 3.05) is 18.6 Å². The number of nitriles is 1. The first-order valence-electron chi connectivity index (χ1n) is 5.59. The number of nitrogens with zero attached hydrogens (tertiary/aromatic N) is 4. The Morgan fingerprint density at radius 3 is 2.45 bits per heavy atom. The van der Waals surface area contributed by atoms with Gasteiger partial charge < -0.3 is 20.9 Å². The summed E-state index contributed by atoms with van der Waals surface area (Å²) in [7, 11) is 1.49. The van der Waals surface area contributed by atoms with E-state index in [1.807, 2.05) is 6.07 Å². The van der Waals surface area contributed by atoms with E-state index in [9.17, 15) is 0 Å². The average molecular weight is 272 g/mol. The van der Waals surface area contributed by atoms with E-state index in [4.69, 9.17) is 26.2 Å². The quantitative estimate of drug-likeness (QED) is 0.821. The second kappa shape index (κ2) is 5.71. The van der Waals surface area contributed by atoms with Crippen LogP contribution in [0.2, 0.25) is 0 Å². The fraction of sp³-hybridized carbons (Fsp3) is 0.167. The van der Waals surface area contributed by atoms with E-state index in [0.717, 1.165) is 0 Å². The van der Waals surface area contributed by atoms with Crippen LogP contribution < -0.4 is 20.9 Å². The topological polar surface area (TPSA) is 133 Å². The maximum Gasteiger partial charge on any atom is 0.225 e. The molecule has 1 aromatic carbocycles. The zero-order chi connectivity index (χ0) is 14.5. The largest absolute Gasteiger partial charge is 0.493 e. The molecule has 1 heterocycles. The van der Waals surface area contributed by atoms with Crippen molar-refractivity contribution in [2.45, 2.75) is 6.61 Å². The normalized spacial score (nSPS) is 9.80. The lowest BCUT2D eigenvalue weighted by molar-refractivity contribution is 0.276. The van der Waals surface area contributed by atoms with Gasteiger partial charge in [-0.15, -0.1) is 0 Å². The van der Waals surface area contributed by atoms with Crippen molar-refractivity contribution in [3.05, 3.63) is 29.6 Å². The van der Waals surface area contributed by atoms with Crippen LogP contribution >= 0.6 is 0 Å². The minimum atomic E-state index is 0.0305. The number of benzene rings is 1. The molecule has 0 saturated carbocycles. The number of aromatic nitrogens is 3. The van der Waals surface area contributed by atoms with E-state index in [1.165, 1.54) is 7.11 Å². The van der Waals surface area contributed by atoms with Crippen molar-refractivity contribution in [3.8, 4) is 17.6 Å². The molecule has 102 valence electrons. The molecule has 20 heavy (non-hydrogen) atoms. The summed E-state index contributed by atoms with van der Waals surface area (Å²) in [6, 6.07) is 6.84. The van der Waals surface area contributed by atoms with Gasteiger partial charge in [-0.25, -0.2) is 0 Å². The minimum absolute atomic E-state index is 0.0305. The Morgan fingerprint density at radius 1 is 1.15 bits per heavy atom. The molecule has 0 aliphatic rings. The van der Waals surface area contributed by atoms with E-state index >= 15 is 0 Å². The van der Waals surface area contributed by atoms with Crippen molar-refractivity contribution in [2.24, 2.45) is 0 Å². The first kappa shape index (κ1) is 13.4. The van der Waals surface area contributed by atoms with Gasteiger partial charge >= 0.3 is 0 Å². The van der Waals surface area contributed by atoms with E-state index in [1.54, 1.807) is 18.2 Å². The maximum absolute atomic E-state index is 8.82. The van der Waals surface area contributed by atoms with Gasteiger partial charge in [0, 0.05) is 6.07 Å². The highest BCUT2D eigenvalue weighted by molar-refractivity contribution is 5.46. The number of anilines is 2. The molecule has 0 unspecified atom stereocenters. The summed E-state index contributed by atoms with van der Waals surface area (Å²) in [6.45, 7) is 0.0547. The zero-order valence-electron chi connectivity index (χ0n) is 10.7. The fourth-order valence-electron chi connectivity index (χ4n) is 1.52. The van der Waals surface area contributed by atoms with Gasteiger partial charge in [0.15, 0.2) is 17.3 Å². The molecule has 0 atom stereocenters. The molecule has 8 heteroatoms. The summed E-state index contributed by atoms with van der Waals surface area (Å²) in [5.41, 5.74) is 11.4. The number of hydrogen-bond acceptors (Lipinski definition) is 8. The fourth-order valence-corrected chi connectivity index (χ4v) is 1.52. The molecular formula is C12H12N6O2. The summed E-state index contributed by atoms with van der Waals surface area (Å²) in [5.74, 6) is 1.27. The van der Waals surface area contributed by atoms with Crippen LogP contribution in [0.25, 0.3) is 0 Å². The van der Waals surface area contributed by atoms with Crippen LogP contribution in [0.3, 0.4) is 0 Å². The third-order valence-corrected chi connectivity index (χ3v) is 2.37. The third kappa shape index (κ3) is 3.02. The van der Waals surface area contributed by atoms with Crippen LogP contribution in [0.5, 0.6) is 11.5 Å². The third-order valence-electron chi connectivity index (χ3n) is 2.37. The van der Waals surface area contributed by atoms with Gasteiger partial charge in [-0.3, -0.25) is 0 Å². The first-order chi connectivity index (χ1) is 9.62. The number of ether oxygens (including phenoxy) is 2. The van der Waals surface area contributed by atoms with Crippen LogP contribution in [0.15, 0.2) is 18.2 Å². The summed E-state index contributed by atoms with van der Waals surface area (Å²) >= 11 is 0. The molecule has 0 bridgehead atoms. The minimum Gasteiger partial charge on any atom is -0.493 e. The van der Waals surface area contributed by atoms with Crippen molar-refractivity contribution >= 4 is 11.9 Å². The molecular weight excluding hydrogens is 260 g/mol. The highest BCUT2D eigenvalue weighted by Gasteiger charge is 2.08. The predicted octanol–water partition coefficient (Wildman–Crippen LogP) is 0.495. The number of hydrogen-bond donors (Lipinski definition) is 2. The van der Waals surface area contributed by atoms with Gasteiger partial charge in [0.25, 0.3) is 0 Å². The van der Waals surface area contributed by atoms with Gasteiger partial charge in [0.1, 0.15) is 6.61 Å². The molecule has 2 rings (SSSR count).